The van der Waals surface area contributed by atoms with Crippen LogP contribution in [-0.4, -0.2) is 11.6 Å². The topological polar surface area (TPSA) is 48.1 Å². The second-order valence-electron chi connectivity index (χ2n) is 4.01. The van der Waals surface area contributed by atoms with Crippen molar-refractivity contribution in [1.29, 1.82) is 0 Å². The maximum Gasteiger partial charge on any atom is 0.124 e. The molecule has 1 aromatic heterocycles. The van der Waals surface area contributed by atoms with Crippen LogP contribution in [0, 0.1) is 0 Å². The van der Waals surface area contributed by atoms with Crippen molar-refractivity contribution < 1.29 is 4.74 Å². The molecule has 0 fully saturated rings. The first-order valence-corrected chi connectivity index (χ1v) is 5.79. The van der Waals surface area contributed by atoms with Gasteiger partial charge in [-0.3, -0.25) is 0 Å². The molecule has 0 aliphatic carbocycles. The number of aromatic nitrogens is 1. The van der Waals surface area contributed by atoms with Crippen LogP contribution >= 0.6 is 11.6 Å². The minimum absolute atomic E-state index is 0.509. The number of nitrogens with zero attached hydrogens (tertiary/aromatic N) is 1. The third-order valence-corrected chi connectivity index (χ3v) is 3.19. The van der Waals surface area contributed by atoms with E-state index in [9.17, 15) is 0 Å². The van der Waals surface area contributed by atoms with Gasteiger partial charge in [0, 0.05) is 23.7 Å². The van der Waals surface area contributed by atoms with Gasteiger partial charge < -0.3 is 10.5 Å². The molecule has 17 heavy (non-hydrogen) atoms. The summed E-state index contributed by atoms with van der Waals surface area (Å²) in [5.41, 5.74) is 8.71. The van der Waals surface area contributed by atoms with Crippen LogP contribution in [0.1, 0.15) is 5.56 Å². The number of rotatable bonds is 1. The smallest absolute Gasteiger partial charge is 0.124 e. The van der Waals surface area contributed by atoms with E-state index in [1.165, 1.54) is 5.56 Å². The fourth-order valence-corrected chi connectivity index (χ4v) is 2.25. The van der Waals surface area contributed by atoms with Gasteiger partial charge in [-0.05, 0) is 29.8 Å². The number of fused-ring (bicyclic) bond motifs is 1. The molecule has 0 saturated heterocycles. The van der Waals surface area contributed by atoms with Gasteiger partial charge in [0.25, 0.3) is 0 Å². The second kappa shape index (κ2) is 3.93. The molecule has 0 bridgehead atoms. The van der Waals surface area contributed by atoms with Crippen molar-refractivity contribution in [2.75, 3.05) is 12.3 Å². The van der Waals surface area contributed by atoms with Gasteiger partial charge in [0.2, 0.25) is 0 Å². The first kappa shape index (κ1) is 10.4. The van der Waals surface area contributed by atoms with Crippen molar-refractivity contribution in [1.82, 2.24) is 4.98 Å². The van der Waals surface area contributed by atoms with Crippen molar-refractivity contribution >= 4 is 17.4 Å². The Bertz CT molecular complexity index is 566. The average Bonchev–Trinajstić information content (AvgIpc) is 2.76. The van der Waals surface area contributed by atoms with Crippen molar-refractivity contribution in [3.63, 3.8) is 0 Å². The van der Waals surface area contributed by atoms with E-state index in [1.54, 1.807) is 12.3 Å². The Morgan fingerprint density at radius 3 is 2.94 bits per heavy atom. The van der Waals surface area contributed by atoms with E-state index in [-0.39, 0.29) is 0 Å². The van der Waals surface area contributed by atoms with E-state index in [2.05, 4.69) is 11.1 Å². The number of hydrogen-bond acceptors (Lipinski definition) is 3. The SMILES string of the molecule is Nc1ccc(-c2cc3c(cc2Cl)OCC3)cn1. The fraction of sp³-hybridized carbons (Fsp3) is 0.154. The summed E-state index contributed by atoms with van der Waals surface area (Å²) in [6.07, 6.45) is 2.67. The zero-order valence-electron chi connectivity index (χ0n) is 9.11. The quantitative estimate of drug-likeness (QED) is 0.842. The van der Waals surface area contributed by atoms with E-state index in [1.807, 2.05) is 12.1 Å². The Kier molecular flexibility index (Phi) is 2.41. The van der Waals surface area contributed by atoms with Gasteiger partial charge in [-0.2, -0.15) is 0 Å². The normalized spacial score (nSPS) is 13.2. The second-order valence-corrected chi connectivity index (χ2v) is 4.42. The summed E-state index contributed by atoms with van der Waals surface area (Å²) in [5.74, 6) is 1.40. The molecule has 0 spiro atoms. The molecule has 2 heterocycles. The van der Waals surface area contributed by atoms with Crippen molar-refractivity contribution in [2.45, 2.75) is 6.42 Å². The molecule has 3 nitrogen and oxygen atoms in total. The highest BCUT2D eigenvalue weighted by Crippen LogP contribution is 2.36. The van der Waals surface area contributed by atoms with Crippen LogP contribution in [0.4, 0.5) is 5.82 Å². The van der Waals surface area contributed by atoms with Gasteiger partial charge in [-0.25, -0.2) is 4.98 Å². The Morgan fingerprint density at radius 1 is 1.29 bits per heavy atom. The number of hydrogen-bond donors (Lipinski definition) is 1. The third-order valence-electron chi connectivity index (χ3n) is 2.88. The van der Waals surface area contributed by atoms with Crippen LogP contribution in [0.25, 0.3) is 11.1 Å². The van der Waals surface area contributed by atoms with Gasteiger partial charge in [-0.15, -0.1) is 0 Å². The first-order chi connectivity index (χ1) is 8.24. The van der Waals surface area contributed by atoms with Crippen LogP contribution < -0.4 is 10.5 Å². The van der Waals surface area contributed by atoms with Crippen molar-refractivity contribution in [2.24, 2.45) is 0 Å². The van der Waals surface area contributed by atoms with Crippen LogP contribution in [0.15, 0.2) is 30.5 Å². The van der Waals surface area contributed by atoms with Gasteiger partial charge in [0.15, 0.2) is 0 Å². The van der Waals surface area contributed by atoms with Crippen LogP contribution in [0.2, 0.25) is 5.02 Å². The lowest BCUT2D eigenvalue weighted by Gasteiger charge is -2.07. The van der Waals surface area contributed by atoms with Gasteiger partial charge in [-0.1, -0.05) is 11.6 Å². The largest absolute Gasteiger partial charge is 0.493 e. The molecule has 1 aliphatic rings. The maximum atomic E-state index is 6.24. The standard InChI is InChI=1S/C13H11ClN2O/c14-11-6-12-8(3-4-17-12)5-10(11)9-1-2-13(15)16-7-9/h1-2,5-7H,3-4H2,(H2,15,16). The third kappa shape index (κ3) is 1.83. The van der Waals surface area contributed by atoms with E-state index < -0.39 is 0 Å². The zero-order valence-corrected chi connectivity index (χ0v) is 9.87. The first-order valence-electron chi connectivity index (χ1n) is 5.41. The Labute approximate surface area is 104 Å². The lowest BCUT2D eigenvalue weighted by molar-refractivity contribution is 0.357. The van der Waals surface area contributed by atoms with Gasteiger partial charge in [0.05, 0.1) is 11.6 Å². The molecule has 0 radical (unpaired) electrons. The summed E-state index contributed by atoms with van der Waals surface area (Å²) in [5, 5.41) is 0.678. The predicted octanol–water partition coefficient (Wildman–Crippen LogP) is 2.92. The molecule has 1 aliphatic heterocycles. The Hall–Kier alpha value is -1.74. The summed E-state index contributed by atoms with van der Waals surface area (Å²) in [6.45, 7) is 0.731. The fourth-order valence-electron chi connectivity index (χ4n) is 1.99. The number of halogens is 1. The molecular weight excluding hydrogens is 236 g/mol. The summed E-state index contributed by atoms with van der Waals surface area (Å²) >= 11 is 6.24. The molecular formula is C13H11ClN2O. The van der Waals surface area contributed by atoms with Crippen molar-refractivity contribution in [3.8, 4) is 16.9 Å². The predicted molar refractivity (Wildman–Crippen MR) is 68.3 cm³/mol. The Balaban J connectivity index is 2.11. The van der Waals surface area contributed by atoms with Crippen molar-refractivity contribution in [3.05, 3.63) is 41.0 Å². The minimum Gasteiger partial charge on any atom is -0.493 e. The molecule has 3 rings (SSSR count). The zero-order chi connectivity index (χ0) is 11.8. The molecule has 4 heteroatoms. The molecule has 2 aromatic rings. The van der Waals surface area contributed by atoms with E-state index in [4.69, 9.17) is 22.1 Å². The number of nitrogen functional groups attached to an aromatic ring is 1. The van der Waals surface area contributed by atoms with Crippen LogP contribution in [-0.2, 0) is 6.42 Å². The minimum atomic E-state index is 0.509. The highest BCUT2D eigenvalue weighted by Gasteiger charge is 2.16. The number of nitrogens with two attached hydrogens (primary N) is 1. The van der Waals surface area contributed by atoms with Gasteiger partial charge in [0.1, 0.15) is 11.6 Å². The van der Waals surface area contributed by atoms with Gasteiger partial charge >= 0.3 is 0 Å². The summed E-state index contributed by atoms with van der Waals surface area (Å²) < 4.78 is 5.47. The maximum absolute atomic E-state index is 6.24. The highest BCUT2D eigenvalue weighted by molar-refractivity contribution is 6.33. The highest BCUT2D eigenvalue weighted by atomic mass is 35.5. The number of anilines is 1. The lowest BCUT2D eigenvalue weighted by Crippen LogP contribution is -1.90. The molecule has 1 aromatic carbocycles. The number of benzene rings is 1. The van der Waals surface area contributed by atoms with Crippen LogP contribution in [0.5, 0.6) is 5.75 Å². The lowest BCUT2D eigenvalue weighted by atomic mass is 10.0. The summed E-state index contributed by atoms with van der Waals surface area (Å²) in [7, 11) is 0. The van der Waals surface area contributed by atoms with Crippen LogP contribution in [0.3, 0.4) is 0 Å². The molecule has 0 unspecified atom stereocenters. The monoisotopic (exact) mass is 246 g/mol. The number of pyridine rings is 1. The summed E-state index contributed by atoms with van der Waals surface area (Å²) in [4.78, 5) is 4.08. The number of ether oxygens (including phenoxy) is 1. The van der Waals surface area contributed by atoms with E-state index >= 15 is 0 Å². The molecule has 0 saturated carbocycles. The molecule has 0 amide bonds. The van der Waals surface area contributed by atoms with E-state index in [0.29, 0.717) is 10.8 Å². The average molecular weight is 247 g/mol. The molecule has 2 N–H and O–H groups in total. The van der Waals surface area contributed by atoms with E-state index in [0.717, 1.165) is 29.9 Å². The summed E-state index contributed by atoms with van der Waals surface area (Å²) in [6, 6.07) is 7.63. The Morgan fingerprint density at radius 2 is 2.18 bits per heavy atom. The molecule has 0 atom stereocenters. The molecule has 86 valence electrons.